The van der Waals surface area contributed by atoms with Crippen LogP contribution in [0.15, 0.2) is 35.4 Å². The Hall–Kier alpha value is -1.70. The molecule has 3 atom stereocenters. The summed E-state index contributed by atoms with van der Waals surface area (Å²) < 4.78 is 12.7. The van der Waals surface area contributed by atoms with Gasteiger partial charge < -0.3 is 14.9 Å². The topological polar surface area (TPSA) is 69.6 Å². The van der Waals surface area contributed by atoms with Crippen LogP contribution in [0.3, 0.4) is 0 Å². The van der Waals surface area contributed by atoms with E-state index < -0.39 is 10.8 Å². The fraction of sp³-hybridized carbons (Fsp3) is 0.565. The average Bonchev–Trinajstić information content (AvgIpc) is 3.21. The first kappa shape index (κ1) is 19.9. The molecule has 3 fully saturated rings. The van der Waals surface area contributed by atoms with Crippen LogP contribution in [-0.2, 0) is 10.8 Å². The van der Waals surface area contributed by atoms with Gasteiger partial charge in [0.1, 0.15) is 10.8 Å². The van der Waals surface area contributed by atoms with Crippen molar-refractivity contribution in [1.82, 2.24) is 9.97 Å². The number of aliphatic hydroxyl groups excluding tert-OH is 1. The first-order valence-electron chi connectivity index (χ1n) is 11.2. The Balaban J connectivity index is 1.28. The van der Waals surface area contributed by atoms with Crippen LogP contribution in [0.25, 0.3) is 0 Å². The van der Waals surface area contributed by atoms with Crippen molar-refractivity contribution >= 4 is 34.2 Å². The van der Waals surface area contributed by atoms with Crippen LogP contribution in [0, 0.1) is 11.8 Å². The number of aliphatic hydroxyl groups is 1. The highest BCUT2D eigenvalue weighted by molar-refractivity contribution is 7.85. The van der Waals surface area contributed by atoms with Crippen molar-refractivity contribution in [3.63, 3.8) is 0 Å². The molecule has 2 unspecified atom stereocenters. The Kier molecular flexibility index (Phi) is 4.78. The second-order valence-electron chi connectivity index (χ2n) is 9.58. The molecule has 4 aliphatic rings. The summed E-state index contributed by atoms with van der Waals surface area (Å²) >= 11 is 6.10. The van der Waals surface area contributed by atoms with Gasteiger partial charge in [-0.25, -0.2) is 4.98 Å². The largest absolute Gasteiger partial charge is 0.394 e. The fourth-order valence-corrected chi connectivity index (χ4v) is 7.61. The molecule has 6 rings (SSSR count). The van der Waals surface area contributed by atoms with Gasteiger partial charge in [-0.2, -0.15) is 4.98 Å². The van der Waals surface area contributed by atoms with Crippen LogP contribution in [0.2, 0.25) is 5.02 Å². The van der Waals surface area contributed by atoms with Crippen LogP contribution >= 0.6 is 11.6 Å². The zero-order valence-corrected chi connectivity index (χ0v) is 19.0. The molecule has 0 radical (unpaired) electrons. The van der Waals surface area contributed by atoms with Gasteiger partial charge >= 0.3 is 0 Å². The number of hydrogen-bond donors (Lipinski definition) is 1. The van der Waals surface area contributed by atoms with Gasteiger partial charge in [-0.15, -0.1) is 0 Å². The molecule has 164 valence electrons. The van der Waals surface area contributed by atoms with E-state index in [1.54, 1.807) is 6.20 Å². The van der Waals surface area contributed by atoms with E-state index >= 15 is 0 Å². The molecule has 2 bridgehead atoms. The van der Waals surface area contributed by atoms with Crippen LogP contribution < -0.4 is 9.80 Å². The third-order valence-electron chi connectivity index (χ3n) is 7.99. The summed E-state index contributed by atoms with van der Waals surface area (Å²) in [5, 5.41) is 10.8. The van der Waals surface area contributed by atoms with Crippen molar-refractivity contribution in [2.45, 2.75) is 48.5 Å². The first-order chi connectivity index (χ1) is 15.1. The number of benzene rings is 1. The molecular formula is C23H27ClN4O2S. The van der Waals surface area contributed by atoms with Crippen LogP contribution in [0.1, 0.15) is 43.6 Å². The van der Waals surface area contributed by atoms with E-state index in [0.717, 1.165) is 49.1 Å². The molecule has 3 heterocycles. The lowest BCUT2D eigenvalue weighted by atomic mass is 9.76. The third-order valence-corrected chi connectivity index (χ3v) is 9.52. The van der Waals surface area contributed by atoms with Gasteiger partial charge in [0.2, 0.25) is 5.95 Å². The SMILES string of the molecule is O=[S@]1CN(C2(CO)CCC2)c2nc(N3CC4CCC(C3)C4c3ccc(Cl)cc3)ncc21. The Bertz CT molecular complexity index is 1010. The standard InChI is InChI=1S/C23H27ClN4O2S/c24-18-6-4-15(5-7-18)20-16-2-3-17(20)12-27(11-16)22-25-10-19-21(26-22)28(14-31(19)30)23(13-29)8-1-9-23/h4-7,10,16-17,20,29H,1-3,8-9,11-14H2/t16?,17?,20?,31-/m0/s1. The van der Waals surface area contributed by atoms with Gasteiger partial charge in [0, 0.05) is 18.1 Å². The highest BCUT2D eigenvalue weighted by Gasteiger charge is 2.48. The maximum Gasteiger partial charge on any atom is 0.227 e. The Morgan fingerprint density at radius 3 is 2.48 bits per heavy atom. The number of rotatable bonds is 4. The number of nitrogens with zero attached hydrogens (tertiary/aromatic N) is 4. The molecule has 1 aromatic heterocycles. The van der Waals surface area contributed by atoms with E-state index in [1.165, 1.54) is 18.4 Å². The van der Waals surface area contributed by atoms with E-state index in [1.807, 2.05) is 12.1 Å². The van der Waals surface area contributed by atoms with E-state index in [9.17, 15) is 9.32 Å². The second kappa shape index (κ2) is 7.42. The summed E-state index contributed by atoms with van der Waals surface area (Å²) in [6.45, 7) is 1.97. The van der Waals surface area contributed by atoms with Crippen LogP contribution in [0.4, 0.5) is 11.8 Å². The summed E-state index contributed by atoms with van der Waals surface area (Å²) in [6.07, 6.45) is 7.15. The summed E-state index contributed by atoms with van der Waals surface area (Å²) in [5.74, 6) is 3.65. The molecule has 2 aliphatic heterocycles. The summed E-state index contributed by atoms with van der Waals surface area (Å²) in [6, 6.07) is 8.36. The smallest absolute Gasteiger partial charge is 0.227 e. The zero-order chi connectivity index (χ0) is 21.2. The molecular weight excluding hydrogens is 432 g/mol. The number of halogens is 1. The molecule has 0 amide bonds. The van der Waals surface area contributed by atoms with Crippen molar-refractivity contribution in [3.05, 3.63) is 41.0 Å². The predicted molar refractivity (Wildman–Crippen MR) is 122 cm³/mol. The van der Waals surface area contributed by atoms with E-state index in [4.69, 9.17) is 16.6 Å². The molecule has 0 spiro atoms. The number of hydrogen-bond acceptors (Lipinski definition) is 6. The number of fused-ring (bicyclic) bond motifs is 3. The van der Waals surface area contributed by atoms with E-state index in [2.05, 4.69) is 26.9 Å². The van der Waals surface area contributed by atoms with Gasteiger partial charge in [0.15, 0.2) is 5.82 Å². The second-order valence-corrected chi connectivity index (χ2v) is 11.4. The van der Waals surface area contributed by atoms with Gasteiger partial charge in [-0.3, -0.25) is 4.21 Å². The van der Waals surface area contributed by atoms with Gasteiger partial charge in [0.25, 0.3) is 0 Å². The minimum atomic E-state index is -1.13. The van der Waals surface area contributed by atoms with Gasteiger partial charge in [-0.05, 0) is 67.6 Å². The van der Waals surface area contributed by atoms with Crippen molar-refractivity contribution in [1.29, 1.82) is 0 Å². The first-order valence-corrected chi connectivity index (χ1v) is 12.9. The Labute approximate surface area is 190 Å². The average molecular weight is 459 g/mol. The molecule has 31 heavy (non-hydrogen) atoms. The molecule has 1 aromatic carbocycles. The minimum Gasteiger partial charge on any atom is -0.394 e. The fourth-order valence-electron chi connectivity index (χ4n) is 6.18. The van der Waals surface area contributed by atoms with Crippen molar-refractivity contribution in [2.75, 3.05) is 35.4 Å². The number of anilines is 2. The minimum absolute atomic E-state index is 0.0829. The van der Waals surface area contributed by atoms with Crippen molar-refractivity contribution < 1.29 is 9.32 Å². The molecule has 6 nitrogen and oxygen atoms in total. The molecule has 2 saturated carbocycles. The maximum absolute atomic E-state index is 12.7. The Morgan fingerprint density at radius 1 is 1.16 bits per heavy atom. The van der Waals surface area contributed by atoms with Gasteiger partial charge in [0.05, 0.1) is 29.1 Å². The molecule has 1 saturated heterocycles. The molecule has 2 aliphatic carbocycles. The number of piperidine rings is 1. The van der Waals surface area contributed by atoms with Crippen LogP contribution in [0.5, 0.6) is 0 Å². The summed E-state index contributed by atoms with van der Waals surface area (Å²) in [5.41, 5.74) is 1.09. The predicted octanol–water partition coefficient (Wildman–Crippen LogP) is 3.56. The van der Waals surface area contributed by atoms with Crippen molar-refractivity contribution in [2.24, 2.45) is 11.8 Å². The Morgan fingerprint density at radius 2 is 1.87 bits per heavy atom. The zero-order valence-electron chi connectivity index (χ0n) is 17.4. The quantitative estimate of drug-likeness (QED) is 0.755. The van der Waals surface area contributed by atoms with Crippen molar-refractivity contribution in [3.8, 4) is 0 Å². The summed E-state index contributed by atoms with van der Waals surface area (Å²) in [7, 11) is -1.13. The van der Waals surface area contributed by atoms with E-state index in [-0.39, 0.29) is 12.1 Å². The highest BCUT2D eigenvalue weighted by Crippen LogP contribution is 2.49. The maximum atomic E-state index is 12.7. The lowest BCUT2D eigenvalue weighted by molar-refractivity contribution is 0.119. The summed E-state index contributed by atoms with van der Waals surface area (Å²) in [4.78, 5) is 14.7. The normalized spacial score (nSPS) is 30.9. The lowest BCUT2D eigenvalue weighted by Gasteiger charge is -2.48. The van der Waals surface area contributed by atoms with Gasteiger partial charge in [-0.1, -0.05) is 23.7 Å². The molecule has 1 N–H and O–H groups in total. The lowest BCUT2D eigenvalue weighted by Crippen LogP contribution is -2.56. The molecule has 2 aromatic rings. The number of aromatic nitrogens is 2. The highest BCUT2D eigenvalue weighted by atomic mass is 35.5. The van der Waals surface area contributed by atoms with E-state index in [0.29, 0.717) is 28.5 Å². The monoisotopic (exact) mass is 458 g/mol. The third kappa shape index (κ3) is 3.11. The van der Waals surface area contributed by atoms with Crippen LogP contribution in [-0.4, -0.2) is 50.4 Å². The molecule has 8 heteroatoms.